The van der Waals surface area contributed by atoms with Gasteiger partial charge in [0.15, 0.2) is 0 Å². The second kappa shape index (κ2) is 3.89. The molecule has 0 aliphatic rings. The zero-order chi connectivity index (χ0) is 9.90. The Balaban J connectivity index is 2.68. The van der Waals surface area contributed by atoms with Crippen LogP contribution in [-0.4, -0.2) is 28.5 Å². The molecule has 1 rings (SSSR count). The van der Waals surface area contributed by atoms with Crippen molar-refractivity contribution in [2.75, 3.05) is 13.6 Å². The van der Waals surface area contributed by atoms with Crippen molar-refractivity contribution in [1.29, 1.82) is 0 Å². The fourth-order valence-electron chi connectivity index (χ4n) is 1.21. The number of aryl methyl sites for hydroxylation is 1. The lowest BCUT2D eigenvalue weighted by Crippen LogP contribution is -2.25. The zero-order valence-electron chi connectivity index (χ0n) is 8.41. The fraction of sp³-hybridized carbons (Fsp3) is 0.667. The summed E-state index contributed by atoms with van der Waals surface area (Å²) in [5.74, 6) is 0. The van der Waals surface area contributed by atoms with E-state index in [1.807, 2.05) is 20.3 Å². The first-order chi connectivity index (χ1) is 6.06. The largest absolute Gasteiger partial charge is 0.385 e. The molecule has 0 bridgehead atoms. The van der Waals surface area contributed by atoms with E-state index in [9.17, 15) is 5.11 Å². The Morgan fingerprint density at radius 3 is 2.85 bits per heavy atom. The van der Waals surface area contributed by atoms with Crippen molar-refractivity contribution in [2.45, 2.75) is 18.9 Å². The van der Waals surface area contributed by atoms with Gasteiger partial charge >= 0.3 is 0 Å². The van der Waals surface area contributed by atoms with Gasteiger partial charge in [0.2, 0.25) is 0 Å². The molecule has 0 amide bonds. The average molecular weight is 183 g/mol. The van der Waals surface area contributed by atoms with Crippen LogP contribution in [0.5, 0.6) is 0 Å². The van der Waals surface area contributed by atoms with E-state index in [0.29, 0.717) is 6.42 Å². The molecule has 1 aromatic rings. The van der Waals surface area contributed by atoms with E-state index >= 15 is 0 Å². The summed E-state index contributed by atoms with van der Waals surface area (Å²) >= 11 is 0. The number of aliphatic hydroxyl groups is 1. The number of rotatable bonds is 4. The SMILES string of the molecule is CNCCC(C)(O)c1cnn(C)c1. The third kappa shape index (κ3) is 2.54. The summed E-state index contributed by atoms with van der Waals surface area (Å²) in [7, 11) is 3.72. The smallest absolute Gasteiger partial charge is 0.0910 e. The Kier molecular flexibility index (Phi) is 3.06. The monoisotopic (exact) mass is 183 g/mol. The van der Waals surface area contributed by atoms with Gasteiger partial charge in [-0.25, -0.2) is 0 Å². The van der Waals surface area contributed by atoms with Crippen molar-refractivity contribution in [2.24, 2.45) is 7.05 Å². The molecule has 1 atom stereocenters. The number of nitrogens with zero attached hydrogens (tertiary/aromatic N) is 2. The lowest BCUT2D eigenvalue weighted by molar-refractivity contribution is 0.0484. The minimum absolute atomic E-state index is 0.690. The standard InChI is InChI=1S/C9H17N3O/c1-9(13,4-5-10-2)8-6-11-12(3)7-8/h6-7,10,13H,4-5H2,1-3H3. The van der Waals surface area contributed by atoms with Crippen LogP contribution in [0.4, 0.5) is 0 Å². The number of hydrogen-bond donors (Lipinski definition) is 2. The summed E-state index contributed by atoms with van der Waals surface area (Å²) in [6.07, 6.45) is 4.24. The van der Waals surface area contributed by atoms with Gasteiger partial charge in [-0.3, -0.25) is 4.68 Å². The van der Waals surface area contributed by atoms with Crippen LogP contribution >= 0.6 is 0 Å². The van der Waals surface area contributed by atoms with Crippen LogP contribution in [-0.2, 0) is 12.6 Å². The number of hydrogen-bond acceptors (Lipinski definition) is 3. The minimum atomic E-state index is -0.780. The molecule has 1 unspecified atom stereocenters. The maximum atomic E-state index is 10.0. The predicted octanol–water partition coefficient (Wildman–Crippen LogP) is 0.237. The van der Waals surface area contributed by atoms with E-state index in [4.69, 9.17) is 0 Å². The van der Waals surface area contributed by atoms with Gasteiger partial charge in [-0.15, -0.1) is 0 Å². The lowest BCUT2D eigenvalue weighted by atomic mass is 9.96. The second-order valence-corrected chi connectivity index (χ2v) is 3.53. The second-order valence-electron chi connectivity index (χ2n) is 3.53. The summed E-state index contributed by atoms with van der Waals surface area (Å²) in [5.41, 5.74) is 0.0855. The van der Waals surface area contributed by atoms with Gasteiger partial charge < -0.3 is 10.4 Å². The number of nitrogens with one attached hydrogen (secondary N) is 1. The first-order valence-corrected chi connectivity index (χ1v) is 4.42. The van der Waals surface area contributed by atoms with Crippen molar-refractivity contribution >= 4 is 0 Å². The normalized spacial score (nSPS) is 15.7. The van der Waals surface area contributed by atoms with Crippen molar-refractivity contribution in [1.82, 2.24) is 15.1 Å². The van der Waals surface area contributed by atoms with Gasteiger partial charge in [-0.1, -0.05) is 0 Å². The highest BCUT2D eigenvalue weighted by Gasteiger charge is 2.23. The molecule has 74 valence electrons. The Labute approximate surface area is 78.6 Å². The summed E-state index contributed by atoms with van der Waals surface area (Å²) < 4.78 is 1.70. The summed E-state index contributed by atoms with van der Waals surface area (Å²) in [6, 6.07) is 0. The van der Waals surface area contributed by atoms with Crippen LogP contribution in [0.25, 0.3) is 0 Å². The quantitative estimate of drug-likeness (QED) is 0.703. The number of aromatic nitrogens is 2. The Bertz CT molecular complexity index is 268. The fourth-order valence-corrected chi connectivity index (χ4v) is 1.21. The van der Waals surface area contributed by atoms with Crippen molar-refractivity contribution < 1.29 is 5.11 Å². The van der Waals surface area contributed by atoms with Gasteiger partial charge in [-0.2, -0.15) is 5.10 Å². The first kappa shape index (κ1) is 10.2. The van der Waals surface area contributed by atoms with Crippen LogP contribution in [0.15, 0.2) is 12.4 Å². The Hall–Kier alpha value is -0.870. The molecule has 2 N–H and O–H groups in total. The predicted molar refractivity (Wildman–Crippen MR) is 51.3 cm³/mol. The Morgan fingerprint density at radius 1 is 1.69 bits per heavy atom. The molecule has 1 heterocycles. The van der Waals surface area contributed by atoms with Crippen molar-refractivity contribution in [3.8, 4) is 0 Å². The van der Waals surface area contributed by atoms with Crippen LogP contribution < -0.4 is 5.32 Å². The molecule has 4 heteroatoms. The van der Waals surface area contributed by atoms with E-state index in [1.54, 1.807) is 17.8 Å². The first-order valence-electron chi connectivity index (χ1n) is 4.42. The molecule has 0 radical (unpaired) electrons. The lowest BCUT2D eigenvalue weighted by Gasteiger charge is -2.21. The molecule has 1 aromatic heterocycles. The maximum absolute atomic E-state index is 10.0. The van der Waals surface area contributed by atoms with Gasteiger partial charge in [0, 0.05) is 18.8 Å². The summed E-state index contributed by atoms with van der Waals surface area (Å²) in [4.78, 5) is 0. The highest BCUT2D eigenvalue weighted by molar-refractivity contribution is 5.13. The van der Waals surface area contributed by atoms with Crippen LogP contribution in [0, 0.1) is 0 Å². The molecule has 0 aliphatic carbocycles. The van der Waals surface area contributed by atoms with E-state index < -0.39 is 5.60 Å². The minimum Gasteiger partial charge on any atom is -0.385 e. The maximum Gasteiger partial charge on any atom is 0.0910 e. The topological polar surface area (TPSA) is 50.1 Å². The molecule has 0 saturated heterocycles. The molecule has 0 saturated carbocycles. The third-order valence-corrected chi connectivity index (χ3v) is 2.19. The van der Waals surface area contributed by atoms with E-state index in [1.165, 1.54) is 0 Å². The van der Waals surface area contributed by atoms with Crippen molar-refractivity contribution in [3.05, 3.63) is 18.0 Å². The highest BCUT2D eigenvalue weighted by Crippen LogP contribution is 2.22. The molecule has 0 aromatic carbocycles. The Morgan fingerprint density at radius 2 is 2.38 bits per heavy atom. The van der Waals surface area contributed by atoms with Gasteiger partial charge in [0.05, 0.1) is 11.8 Å². The molecule has 0 aliphatic heterocycles. The van der Waals surface area contributed by atoms with Crippen LogP contribution in [0.3, 0.4) is 0 Å². The van der Waals surface area contributed by atoms with Gasteiger partial charge in [0.25, 0.3) is 0 Å². The average Bonchev–Trinajstić information content (AvgIpc) is 2.49. The van der Waals surface area contributed by atoms with E-state index in [-0.39, 0.29) is 0 Å². The van der Waals surface area contributed by atoms with E-state index in [2.05, 4.69) is 10.4 Å². The van der Waals surface area contributed by atoms with Crippen LogP contribution in [0.2, 0.25) is 0 Å². The van der Waals surface area contributed by atoms with Crippen LogP contribution in [0.1, 0.15) is 18.9 Å². The molecule has 0 spiro atoms. The summed E-state index contributed by atoms with van der Waals surface area (Å²) in [5, 5.41) is 17.1. The highest BCUT2D eigenvalue weighted by atomic mass is 16.3. The van der Waals surface area contributed by atoms with E-state index in [0.717, 1.165) is 12.1 Å². The third-order valence-electron chi connectivity index (χ3n) is 2.19. The van der Waals surface area contributed by atoms with Crippen molar-refractivity contribution in [3.63, 3.8) is 0 Å². The van der Waals surface area contributed by atoms with Gasteiger partial charge in [0.1, 0.15) is 0 Å². The zero-order valence-corrected chi connectivity index (χ0v) is 8.41. The molecule has 0 fully saturated rings. The summed E-state index contributed by atoms with van der Waals surface area (Å²) in [6.45, 7) is 2.60. The molecule has 4 nitrogen and oxygen atoms in total. The molecular formula is C9H17N3O. The molecular weight excluding hydrogens is 166 g/mol. The van der Waals surface area contributed by atoms with Gasteiger partial charge in [-0.05, 0) is 26.9 Å². The molecule has 13 heavy (non-hydrogen) atoms.